The number of alkyl halides is 9. The van der Waals surface area contributed by atoms with Crippen LogP contribution in [0.25, 0.3) is 0 Å². The average Bonchev–Trinajstić information content (AvgIpc) is 2.94. The molecule has 8 nitrogen and oxygen atoms in total. The van der Waals surface area contributed by atoms with Gasteiger partial charge in [-0.2, -0.15) is 39.5 Å². The molecule has 1 aromatic heterocycles. The normalized spacial score (nSPS) is 18.9. The Hall–Kier alpha value is -4.12. The number of nitrogens with two attached hydrogens (primary N) is 1. The number of carboxylic acid groups (broad SMARTS) is 1. The third-order valence-corrected chi connectivity index (χ3v) is 7.44. The van der Waals surface area contributed by atoms with Crippen molar-refractivity contribution in [1.29, 1.82) is 0 Å². The van der Waals surface area contributed by atoms with Gasteiger partial charge >= 0.3 is 24.6 Å². The van der Waals surface area contributed by atoms with E-state index in [9.17, 15) is 54.5 Å². The summed E-state index contributed by atoms with van der Waals surface area (Å²) in [5.74, 6) is -1.38. The van der Waals surface area contributed by atoms with E-state index >= 15 is 0 Å². The van der Waals surface area contributed by atoms with Crippen LogP contribution in [0.5, 0.6) is 0 Å². The van der Waals surface area contributed by atoms with Crippen molar-refractivity contribution in [3.8, 4) is 0 Å². The molecule has 0 spiro atoms. The number of halogens is 9. The molecular weight excluding hydrogens is 625 g/mol. The lowest BCUT2D eigenvalue weighted by Gasteiger charge is -2.46. The third kappa shape index (κ3) is 7.08. The number of hydrogen-bond donors (Lipinski definition) is 4. The van der Waals surface area contributed by atoms with Gasteiger partial charge in [0.05, 0.1) is 34.7 Å². The molecule has 2 atom stereocenters. The van der Waals surface area contributed by atoms with Gasteiger partial charge in [0.25, 0.3) is 0 Å². The Morgan fingerprint density at radius 1 is 1.00 bits per heavy atom. The number of nitrogens with zero attached hydrogens (tertiary/aromatic N) is 3. The number of amides is 1. The van der Waals surface area contributed by atoms with Gasteiger partial charge in [0.15, 0.2) is 0 Å². The van der Waals surface area contributed by atoms with E-state index in [-0.39, 0.29) is 60.5 Å². The predicted molar refractivity (Wildman–Crippen MR) is 142 cm³/mol. The quantitative estimate of drug-likeness (QED) is 0.212. The number of nitrogens with one attached hydrogen (secondary N) is 1. The molecule has 0 radical (unpaired) electrons. The highest BCUT2D eigenvalue weighted by Crippen LogP contribution is 2.48. The molecule has 1 amide bonds. The van der Waals surface area contributed by atoms with Crippen molar-refractivity contribution in [1.82, 2.24) is 9.97 Å². The van der Waals surface area contributed by atoms with Crippen LogP contribution in [0.3, 0.4) is 0 Å². The minimum atomic E-state index is -5.13. The van der Waals surface area contributed by atoms with Crippen LogP contribution in [0, 0.1) is 0 Å². The van der Waals surface area contributed by atoms with Crippen LogP contribution in [-0.4, -0.2) is 45.1 Å². The number of carbonyl (C=O) groups is 1. The molecule has 0 bridgehead atoms. The van der Waals surface area contributed by atoms with E-state index in [1.165, 1.54) is 0 Å². The summed E-state index contributed by atoms with van der Waals surface area (Å²) in [4.78, 5) is 21.4. The molecule has 4 rings (SSSR count). The molecule has 0 unspecified atom stereocenters. The molecule has 1 aliphatic heterocycles. The van der Waals surface area contributed by atoms with Crippen molar-refractivity contribution in [3.05, 3.63) is 81.7 Å². The first-order valence-corrected chi connectivity index (χ1v) is 13.3. The predicted octanol–water partition coefficient (Wildman–Crippen LogP) is 6.61. The van der Waals surface area contributed by atoms with Crippen LogP contribution < -0.4 is 16.0 Å². The molecule has 0 saturated heterocycles. The molecule has 0 aliphatic carbocycles. The van der Waals surface area contributed by atoms with Crippen LogP contribution in [0.4, 0.5) is 55.9 Å². The summed E-state index contributed by atoms with van der Waals surface area (Å²) in [5.41, 5.74) is -0.469. The van der Waals surface area contributed by atoms with Crippen molar-refractivity contribution in [3.63, 3.8) is 0 Å². The highest BCUT2D eigenvalue weighted by atomic mass is 19.4. The molecule has 244 valence electrons. The Morgan fingerprint density at radius 3 is 2.11 bits per heavy atom. The number of aliphatic hydroxyl groups excluding tert-OH is 1. The number of anilines is 2. The monoisotopic (exact) mass is 651 g/mol. The maximum atomic E-state index is 13.8. The lowest BCUT2D eigenvalue weighted by atomic mass is 9.77. The fourth-order valence-electron chi connectivity index (χ4n) is 5.30. The van der Waals surface area contributed by atoms with Gasteiger partial charge < -0.3 is 21.3 Å². The van der Waals surface area contributed by atoms with Crippen molar-refractivity contribution >= 4 is 17.7 Å². The van der Waals surface area contributed by atoms with E-state index in [0.717, 1.165) is 17.2 Å². The molecule has 2 aromatic carbocycles. The van der Waals surface area contributed by atoms with E-state index < -0.39 is 64.9 Å². The Bertz CT molecular complexity index is 1540. The van der Waals surface area contributed by atoms with Crippen LogP contribution in [0.15, 0.2) is 42.6 Å². The van der Waals surface area contributed by atoms with Gasteiger partial charge in [-0.3, -0.25) is 4.90 Å². The van der Waals surface area contributed by atoms with Gasteiger partial charge in [0.1, 0.15) is 5.66 Å². The number of benzene rings is 2. The third-order valence-electron chi connectivity index (χ3n) is 7.44. The Kier molecular flexibility index (Phi) is 9.00. The first kappa shape index (κ1) is 33.8. The zero-order chi connectivity index (χ0) is 33.5. The molecular formula is C28H26F9N5O3. The van der Waals surface area contributed by atoms with Gasteiger partial charge in [-0.15, -0.1) is 0 Å². The second kappa shape index (κ2) is 12.0. The topological polar surface area (TPSA) is 125 Å². The Labute approximate surface area is 249 Å². The highest BCUT2D eigenvalue weighted by Gasteiger charge is 2.47. The standard InChI is InChI=1S/C28H26F9N5O3/c1-2-25(38)12-20(19-11-16(26(29,30)31)3-4-21(19)42(25)24(44)45)22-15(13-40-23(41-22)39-5-6-43)7-14-8-17(27(32,33)34)10-18(9-14)28(35,36)37/h3-4,8-11,13,20,43H,2,5-7,12,38H2,1H3,(H,44,45)(H,39,40,41)/t20-,25+/m0/s1. The van der Waals surface area contributed by atoms with Crippen molar-refractivity contribution in [2.24, 2.45) is 5.73 Å². The molecule has 0 saturated carbocycles. The summed E-state index contributed by atoms with van der Waals surface area (Å²) >= 11 is 0. The number of aromatic nitrogens is 2. The maximum Gasteiger partial charge on any atom is 0.416 e. The molecule has 1 aliphatic rings. The summed E-state index contributed by atoms with van der Waals surface area (Å²) in [7, 11) is 0. The van der Waals surface area contributed by atoms with E-state index in [1.54, 1.807) is 6.92 Å². The second-order valence-corrected chi connectivity index (χ2v) is 10.4. The van der Waals surface area contributed by atoms with E-state index in [4.69, 9.17) is 5.73 Å². The smallest absolute Gasteiger partial charge is 0.416 e. The van der Waals surface area contributed by atoms with Crippen LogP contribution in [0.1, 0.15) is 64.8 Å². The molecule has 2 heterocycles. The lowest BCUT2D eigenvalue weighted by Crippen LogP contribution is -2.61. The maximum absolute atomic E-state index is 13.8. The van der Waals surface area contributed by atoms with Crippen LogP contribution in [0.2, 0.25) is 0 Å². The van der Waals surface area contributed by atoms with Gasteiger partial charge in [-0.05, 0) is 65.9 Å². The van der Waals surface area contributed by atoms with Crippen LogP contribution >= 0.6 is 0 Å². The zero-order valence-corrected chi connectivity index (χ0v) is 23.3. The number of aliphatic hydroxyl groups is 1. The second-order valence-electron chi connectivity index (χ2n) is 10.4. The molecule has 17 heteroatoms. The van der Waals surface area contributed by atoms with Gasteiger partial charge in [-0.1, -0.05) is 6.92 Å². The summed E-state index contributed by atoms with van der Waals surface area (Å²) in [6.45, 7) is 1.07. The van der Waals surface area contributed by atoms with Gasteiger partial charge in [0, 0.05) is 25.1 Å². The fraction of sp³-hybridized carbons (Fsp3) is 0.393. The number of rotatable bonds is 7. The molecule has 45 heavy (non-hydrogen) atoms. The summed E-state index contributed by atoms with van der Waals surface area (Å²) in [6.07, 6.45) is -16.6. The summed E-state index contributed by atoms with van der Waals surface area (Å²) < 4.78 is 123. The minimum Gasteiger partial charge on any atom is -0.465 e. The van der Waals surface area contributed by atoms with Crippen molar-refractivity contribution in [2.45, 2.75) is 56.3 Å². The Balaban J connectivity index is 1.98. The van der Waals surface area contributed by atoms with E-state index in [1.807, 2.05) is 0 Å². The van der Waals surface area contributed by atoms with E-state index in [2.05, 4.69) is 15.3 Å². The largest absolute Gasteiger partial charge is 0.465 e. The van der Waals surface area contributed by atoms with Crippen LogP contribution in [-0.2, 0) is 24.9 Å². The lowest BCUT2D eigenvalue weighted by molar-refractivity contribution is -0.143. The van der Waals surface area contributed by atoms with Crippen molar-refractivity contribution < 1.29 is 54.5 Å². The minimum absolute atomic E-state index is 0.0329. The van der Waals surface area contributed by atoms with Gasteiger partial charge in [-0.25, -0.2) is 14.8 Å². The molecule has 3 aromatic rings. The summed E-state index contributed by atoms with van der Waals surface area (Å²) in [6, 6.07) is 3.30. The Morgan fingerprint density at radius 2 is 1.60 bits per heavy atom. The number of hydrogen-bond acceptors (Lipinski definition) is 6. The first-order valence-electron chi connectivity index (χ1n) is 13.3. The van der Waals surface area contributed by atoms with Crippen molar-refractivity contribution in [2.75, 3.05) is 23.4 Å². The molecule has 5 N–H and O–H groups in total. The number of fused-ring (bicyclic) bond motifs is 1. The molecule has 0 fully saturated rings. The first-order chi connectivity index (χ1) is 20.8. The zero-order valence-electron chi connectivity index (χ0n) is 23.3. The van der Waals surface area contributed by atoms with Gasteiger partial charge in [0.2, 0.25) is 5.95 Å². The fourth-order valence-corrected chi connectivity index (χ4v) is 5.30. The SMILES string of the molecule is CC[C@]1(N)C[C@H](c2nc(NCCO)ncc2Cc2cc(C(F)(F)F)cc(C(F)(F)F)c2)c2cc(C(F)(F)F)ccc2N1C(=O)O. The summed E-state index contributed by atoms with van der Waals surface area (Å²) in [5, 5.41) is 21.9. The highest BCUT2D eigenvalue weighted by molar-refractivity contribution is 5.90. The average molecular weight is 652 g/mol. The van der Waals surface area contributed by atoms with E-state index in [0.29, 0.717) is 24.3 Å².